The number of carbonyl (C=O) groups is 1. The Morgan fingerprint density at radius 3 is 2.42 bits per heavy atom. The number of anilines is 1. The Morgan fingerprint density at radius 2 is 1.75 bits per heavy atom. The van der Waals surface area contributed by atoms with Crippen LogP contribution in [0.5, 0.6) is 11.5 Å². The van der Waals surface area contributed by atoms with Crippen molar-refractivity contribution < 1.29 is 14.3 Å². The summed E-state index contributed by atoms with van der Waals surface area (Å²) in [6.45, 7) is 0.684. The number of nitrogens with one attached hydrogen (secondary N) is 2. The fourth-order valence-corrected chi connectivity index (χ4v) is 2.39. The van der Waals surface area contributed by atoms with Crippen LogP contribution in [0.15, 0.2) is 36.4 Å². The summed E-state index contributed by atoms with van der Waals surface area (Å²) in [6, 6.07) is 10.5. The lowest BCUT2D eigenvalue weighted by Crippen LogP contribution is -2.27. The van der Waals surface area contributed by atoms with Crippen LogP contribution in [0.25, 0.3) is 0 Å². The molecule has 0 saturated carbocycles. The standard InChI is InChI=1S/C17H18Cl2N2O3/c1-23-15-6-3-11(7-16(15)24-2)9-20-10-17(22)21-12-4-5-13(18)14(19)8-12/h3-8,20H,9-10H2,1-2H3,(H,21,22). The van der Waals surface area contributed by atoms with Gasteiger partial charge in [0, 0.05) is 12.2 Å². The lowest BCUT2D eigenvalue weighted by molar-refractivity contribution is -0.115. The summed E-state index contributed by atoms with van der Waals surface area (Å²) in [6.07, 6.45) is 0. The highest BCUT2D eigenvalue weighted by Gasteiger charge is 2.07. The van der Waals surface area contributed by atoms with Crippen molar-refractivity contribution in [2.75, 3.05) is 26.1 Å². The molecule has 2 rings (SSSR count). The number of amides is 1. The van der Waals surface area contributed by atoms with Gasteiger partial charge in [0.25, 0.3) is 0 Å². The van der Waals surface area contributed by atoms with E-state index < -0.39 is 0 Å². The van der Waals surface area contributed by atoms with Crippen LogP contribution >= 0.6 is 23.2 Å². The molecule has 0 fully saturated rings. The van der Waals surface area contributed by atoms with Gasteiger partial charge in [-0.1, -0.05) is 29.3 Å². The molecule has 0 bridgehead atoms. The minimum Gasteiger partial charge on any atom is -0.493 e. The molecule has 7 heteroatoms. The van der Waals surface area contributed by atoms with E-state index >= 15 is 0 Å². The fraction of sp³-hybridized carbons (Fsp3) is 0.235. The molecule has 0 saturated heterocycles. The summed E-state index contributed by atoms with van der Waals surface area (Å²) in [5.74, 6) is 1.14. The van der Waals surface area contributed by atoms with Gasteiger partial charge in [-0.25, -0.2) is 0 Å². The molecule has 0 aliphatic carbocycles. The number of benzene rings is 2. The number of methoxy groups -OCH3 is 2. The molecule has 0 unspecified atom stereocenters. The molecular formula is C17H18Cl2N2O3. The molecule has 0 atom stereocenters. The first-order valence-electron chi connectivity index (χ1n) is 7.20. The average Bonchev–Trinajstić information content (AvgIpc) is 2.58. The third kappa shape index (κ3) is 5.03. The summed E-state index contributed by atoms with van der Waals surface area (Å²) in [5, 5.41) is 6.66. The van der Waals surface area contributed by atoms with E-state index in [1.807, 2.05) is 18.2 Å². The summed E-state index contributed by atoms with van der Waals surface area (Å²) in [5.41, 5.74) is 1.58. The molecule has 0 heterocycles. The molecule has 128 valence electrons. The van der Waals surface area contributed by atoms with E-state index in [1.165, 1.54) is 0 Å². The molecular weight excluding hydrogens is 351 g/mol. The number of rotatable bonds is 7. The largest absolute Gasteiger partial charge is 0.493 e. The Morgan fingerprint density at radius 1 is 1.00 bits per heavy atom. The van der Waals surface area contributed by atoms with Gasteiger partial charge >= 0.3 is 0 Å². The van der Waals surface area contributed by atoms with Crippen LogP contribution in [0.1, 0.15) is 5.56 Å². The summed E-state index contributed by atoms with van der Waals surface area (Å²) < 4.78 is 10.4. The van der Waals surface area contributed by atoms with Gasteiger partial charge in [0.2, 0.25) is 5.91 Å². The molecule has 5 nitrogen and oxygen atoms in total. The smallest absolute Gasteiger partial charge is 0.238 e. The fourth-order valence-electron chi connectivity index (χ4n) is 2.09. The second kappa shape index (κ2) is 8.78. The van der Waals surface area contributed by atoms with Crippen molar-refractivity contribution in [2.24, 2.45) is 0 Å². The Balaban J connectivity index is 1.85. The number of halogens is 2. The van der Waals surface area contributed by atoms with Gasteiger partial charge in [-0.3, -0.25) is 4.79 Å². The van der Waals surface area contributed by atoms with Crippen molar-refractivity contribution in [1.29, 1.82) is 0 Å². The van der Waals surface area contributed by atoms with E-state index in [9.17, 15) is 4.79 Å². The van der Waals surface area contributed by atoms with Crippen LogP contribution in [0.4, 0.5) is 5.69 Å². The molecule has 24 heavy (non-hydrogen) atoms. The van der Waals surface area contributed by atoms with Gasteiger partial charge < -0.3 is 20.1 Å². The normalized spacial score (nSPS) is 10.3. The zero-order chi connectivity index (χ0) is 17.5. The van der Waals surface area contributed by atoms with Crippen molar-refractivity contribution in [1.82, 2.24) is 5.32 Å². The van der Waals surface area contributed by atoms with Crippen molar-refractivity contribution in [3.05, 3.63) is 52.0 Å². The van der Waals surface area contributed by atoms with E-state index in [-0.39, 0.29) is 12.5 Å². The van der Waals surface area contributed by atoms with Gasteiger partial charge in [0.05, 0.1) is 30.8 Å². The number of hydrogen-bond donors (Lipinski definition) is 2. The molecule has 1 amide bonds. The van der Waals surface area contributed by atoms with Crippen LogP contribution in [-0.4, -0.2) is 26.7 Å². The van der Waals surface area contributed by atoms with Crippen molar-refractivity contribution in [3.8, 4) is 11.5 Å². The number of carbonyl (C=O) groups excluding carboxylic acids is 1. The first kappa shape index (κ1) is 18.4. The van der Waals surface area contributed by atoms with Crippen molar-refractivity contribution >= 4 is 34.8 Å². The number of ether oxygens (including phenoxy) is 2. The van der Waals surface area contributed by atoms with E-state index in [0.29, 0.717) is 33.8 Å². The Hall–Kier alpha value is -1.95. The van der Waals surface area contributed by atoms with Crippen LogP contribution in [0, 0.1) is 0 Å². The molecule has 0 aromatic heterocycles. The molecule has 0 spiro atoms. The highest BCUT2D eigenvalue weighted by Crippen LogP contribution is 2.27. The molecule has 2 aromatic rings. The van der Waals surface area contributed by atoms with Gasteiger partial charge in [-0.15, -0.1) is 0 Å². The average molecular weight is 369 g/mol. The highest BCUT2D eigenvalue weighted by atomic mass is 35.5. The molecule has 2 N–H and O–H groups in total. The minimum absolute atomic E-state index is 0.161. The monoisotopic (exact) mass is 368 g/mol. The summed E-state index contributed by atoms with van der Waals surface area (Å²) >= 11 is 11.8. The topological polar surface area (TPSA) is 59.6 Å². The van der Waals surface area contributed by atoms with E-state index in [4.69, 9.17) is 32.7 Å². The number of hydrogen-bond acceptors (Lipinski definition) is 4. The maximum atomic E-state index is 11.9. The van der Waals surface area contributed by atoms with E-state index in [2.05, 4.69) is 10.6 Å². The van der Waals surface area contributed by atoms with Crippen LogP contribution in [0.2, 0.25) is 10.0 Å². The summed E-state index contributed by atoms with van der Waals surface area (Å²) in [7, 11) is 3.17. The first-order chi connectivity index (χ1) is 11.5. The lowest BCUT2D eigenvalue weighted by atomic mass is 10.2. The zero-order valence-electron chi connectivity index (χ0n) is 13.4. The summed E-state index contributed by atoms with van der Waals surface area (Å²) in [4.78, 5) is 11.9. The molecule has 2 aromatic carbocycles. The van der Waals surface area contributed by atoms with Crippen molar-refractivity contribution in [3.63, 3.8) is 0 Å². The zero-order valence-corrected chi connectivity index (χ0v) is 14.9. The van der Waals surface area contributed by atoms with Gasteiger partial charge in [-0.05, 0) is 35.9 Å². The first-order valence-corrected chi connectivity index (χ1v) is 7.95. The van der Waals surface area contributed by atoms with E-state index in [1.54, 1.807) is 32.4 Å². The second-order valence-corrected chi connectivity index (χ2v) is 5.78. The lowest BCUT2D eigenvalue weighted by Gasteiger charge is -2.10. The predicted molar refractivity (Wildman–Crippen MR) is 96.3 cm³/mol. The van der Waals surface area contributed by atoms with Gasteiger partial charge in [0.1, 0.15) is 0 Å². The van der Waals surface area contributed by atoms with Gasteiger partial charge in [0.15, 0.2) is 11.5 Å². The molecule has 0 aliphatic heterocycles. The van der Waals surface area contributed by atoms with Crippen LogP contribution < -0.4 is 20.1 Å². The Labute approximate surface area is 150 Å². The SMILES string of the molecule is COc1ccc(CNCC(=O)Nc2ccc(Cl)c(Cl)c2)cc1OC. The second-order valence-electron chi connectivity index (χ2n) is 4.97. The molecule has 0 aliphatic rings. The van der Waals surface area contributed by atoms with E-state index in [0.717, 1.165) is 5.56 Å². The van der Waals surface area contributed by atoms with Crippen LogP contribution in [0.3, 0.4) is 0 Å². The van der Waals surface area contributed by atoms with Gasteiger partial charge in [-0.2, -0.15) is 0 Å². The Bertz CT molecular complexity index is 723. The highest BCUT2D eigenvalue weighted by molar-refractivity contribution is 6.42. The predicted octanol–water partition coefficient (Wildman–Crippen LogP) is 3.74. The Kier molecular flexibility index (Phi) is 6.73. The maximum absolute atomic E-state index is 11.9. The third-order valence-electron chi connectivity index (χ3n) is 3.27. The maximum Gasteiger partial charge on any atom is 0.238 e. The quantitative estimate of drug-likeness (QED) is 0.781. The van der Waals surface area contributed by atoms with Crippen molar-refractivity contribution in [2.45, 2.75) is 6.54 Å². The molecule has 0 radical (unpaired) electrons. The third-order valence-corrected chi connectivity index (χ3v) is 4.01. The minimum atomic E-state index is -0.172. The van der Waals surface area contributed by atoms with Crippen LogP contribution in [-0.2, 0) is 11.3 Å².